The third-order valence-corrected chi connectivity index (χ3v) is 16.2. The fourth-order valence-corrected chi connectivity index (χ4v) is 12.9. The Morgan fingerprint density at radius 3 is 1.68 bits per heavy atom. The van der Waals surface area contributed by atoms with E-state index in [0.29, 0.717) is 17.5 Å². The first-order chi connectivity index (χ1) is 37.2. The molecule has 0 saturated heterocycles. The van der Waals surface area contributed by atoms with Crippen molar-refractivity contribution in [3.05, 3.63) is 254 Å². The molecule has 5 nitrogen and oxygen atoms in total. The Morgan fingerprint density at radius 2 is 0.907 bits per heavy atom. The molecular weight excluding hydrogens is 931 g/mol. The Morgan fingerprint density at radius 1 is 0.360 bits per heavy atom. The summed E-state index contributed by atoms with van der Waals surface area (Å²) >= 11 is 1.80. The number of fused-ring (bicyclic) bond motifs is 9. The molecule has 352 valence electrons. The molecule has 0 radical (unpaired) electrons. The molecule has 0 amide bonds. The molecule has 0 bridgehead atoms. The van der Waals surface area contributed by atoms with Crippen LogP contribution in [0.5, 0.6) is 0 Å². The summed E-state index contributed by atoms with van der Waals surface area (Å²) in [5, 5.41) is 6.05. The molecule has 1 aliphatic carbocycles. The number of thiophene rings is 1. The molecule has 4 aromatic heterocycles. The Hall–Kier alpha value is -9.49. The molecule has 0 atom stereocenters. The Kier molecular flexibility index (Phi) is 10.1. The van der Waals surface area contributed by atoms with E-state index >= 15 is 0 Å². The molecule has 14 aromatic rings. The van der Waals surface area contributed by atoms with Gasteiger partial charge in [0.2, 0.25) is 0 Å². The standard InChI is InChI=1S/C69H45N5S/c1-4-19-44(20-5-1)46-37-39-47(40-38-46)67-70-68(72-69(71-67)56-30-18-36-63-66(56)55-27-12-15-35-62(55)75-63)54-42-41-48(45-21-6-2-7-22-45)43-61(54)74-58-32-14-11-26-53(58)65-51(29-17-34-60(65)74)50-28-16-33-59-64(50)52-25-10-13-31-57(52)73(59)49-23-8-3-9-24-49/h1-9,11-24,26-43H,10,25H2. The number of allylic oxidation sites excluding steroid dienone is 1. The quantitative estimate of drug-likeness (QED) is 0.152. The second kappa shape index (κ2) is 17.6. The Bertz CT molecular complexity index is 4570. The lowest BCUT2D eigenvalue weighted by Crippen LogP contribution is -2.04. The van der Waals surface area contributed by atoms with E-state index in [-0.39, 0.29) is 0 Å². The fourth-order valence-electron chi connectivity index (χ4n) is 11.7. The van der Waals surface area contributed by atoms with Gasteiger partial charge in [0.05, 0.1) is 22.2 Å². The molecule has 0 unspecified atom stereocenters. The summed E-state index contributed by atoms with van der Waals surface area (Å²) in [5.74, 6) is 1.84. The number of hydrogen-bond acceptors (Lipinski definition) is 4. The van der Waals surface area contributed by atoms with E-state index in [9.17, 15) is 0 Å². The van der Waals surface area contributed by atoms with Crippen molar-refractivity contribution in [1.82, 2.24) is 24.1 Å². The van der Waals surface area contributed by atoms with Crippen molar-refractivity contribution in [2.24, 2.45) is 0 Å². The van der Waals surface area contributed by atoms with Gasteiger partial charge in [-0.05, 0) is 112 Å². The largest absolute Gasteiger partial charge is 0.310 e. The molecule has 15 rings (SSSR count). The second-order valence-corrected chi connectivity index (χ2v) is 20.4. The van der Waals surface area contributed by atoms with E-state index in [2.05, 4.69) is 258 Å². The average molecular weight is 976 g/mol. The van der Waals surface area contributed by atoms with Crippen LogP contribution in [0.3, 0.4) is 0 Å². The molecule has 75 heavy (non-hydrogen) atoms. The summed E-state index contributed by atoms with van der Waals surface area (Å²) in [5.41, 5.74) is 18.0. The summed E-state index contributed by atoms with van der Waals surface area (Å²) in [4.78, 5) is 16.4. The minimum absolute atomic E-state index is 0.599. The van der Waals surface area contributed by atoms with Gasteiger partial charge in [-0.2, -0.15) is 0 Å². The van der Waals surface area contributed by atoms with Gasteiger partial charge in [0, 0.05) is 64.4 Å². The smallest absolute Gasteiger partial charge is 0.166 e. The highest BCUT2D eigenvalue weighted by molar-refractivity contribution is 7.25. The maximum absolute atomic E-state index is 5.56. The van der Waals surface area contributed by atoms with Crippen molar-refractivity contribution in [2.75, 3.05) is 0 Å². The third kappa shape index (κ3) is 7.09. The van der Waals surface area contributed by atoms with Crippen molar-refractivity contribution in [2.45, 2.75) is 12.8 Å². The van der Waals surface area contributed by atoms with E-state index in [0.717, 1.165) is 73.9 Å². The van der Waals surface area contributed by atoms with Crippen LogP contribution in [0, 0.1) is 0 Å². The SMILES string of the molecule is C1=Cc2c(c3c(-c4cccc5c4c4ccccc4n5-c4cc(-c5ccccc5)ccc4-c4nc(-c5ccc(-c6ccccc6)cc5)nc(-c5cccc6sc7ccccc7c56)n4)cccc3n2-c2ccccc2)CC1. The summed E-state index contributed by atoms with van der Waals surface area (Å²) in [7, 11) is 0. The third-order valence-electron chi connectivity index (χ3n) is 15.1. The van der Waals surface area contributed by atoms with Gasteiger partial charge in [-0.1, -0.05) is 188 Å². The van der Waals surface area contributed by atoms with Crippen molar-refractivity contribution >= 4 is 70.3 Å². The highest BCUT2D eigenvalue weighted by Gasteiger charge is 2.26. The van der Waals surface area contributed by atoms with E-state index in [1.165, 1.54) is 64.5 Å². The minimum Gasteiger partial charge on any atom is -0.310 e. The van der Waals surface area contributed by atoms with Crippen LogP contribution in [0.2, 0.25) is 0 Å². The fraction of sp³-hybridized carbons (Fsp3) is 0.0290. The lowest BCUT2D eigenvalue weighted by molar-refractivity contribution is 0.968. The minimum atomic E-state index is 0.599. The molecule has 1 aliphatic rings. The van der Waals surface area contributed by atoms with Crippen molar-refractivity contribution in [3.8, 4) is 78.9 Å². The van der Waals surface area contributed by atoms with E-state index in [4.69, 9.17) is 15.0 Å². The van der Waals surface area contributed by atoms with Crippen molar-refractivity contribution in [3.63, 3.8) is 0 Å². The van der Waals surface area contributed by atoms with Gasteiger partial charge in [0.25, 0.3) is 0 Å². The summed E-state index contributed by atoms with van der Waals surface area (Å²) in [6.45, 7) is 0. The maximum atomic E-state index is 5.56. The number of aromatic nitrogens is 5. The van der Waals surface area contributed by atoms with Crippen LogP contribution in [0.15, 0.2) is 243 Å². The van der Waals surface area contributed by atoms with Crippen LogP contribution in [-0.4, -0.2) is 24.1 Å². The highest BCUT2D eigenvalue weighted by Crippen LogP contribution is 2.46. The van der Waals surface area contributed by atoms with Crippen LogP contribution < -0.4 is 0 Å². The Balaban J connectivity index is 0.996. The molecular formula is C69H45N5S. The van der Waals surface area contributed by atoms with Crippen LogP contribution >= 0.6 is 11.3 Å². The molecule has 10 aromatic carbocycles. The predicted octanol–water partition coefficient (Wildman–Crippen LogP) is 18.2. The predicted molar refractivity (Wildman–Crippen MR) is 314 cm³/mol. The Labute approximate surface area is 437 Å². The van der Waals surface area contributed by atoms with Gasteiger partial charge < -0.3 is 9.13 Å². The second-order valence-electron chi connectivity index (χ2n) is 19.4. The van der Waals surface area contributed by atoms with Crippen molar-refractivity contribution in [1.29, 1.82) is 0 Å². The van der Waals surface area contributed by atoms with Crippen LogP contribution in [0.25, 0.3) is 138 Å². The van der Waals surface area contributed by atoms with Crippen LogP contribution in [0.4, 0.5) is 0 Å². The van der Waals surface area contributed by atoms with Gasteiger partial charge in [-0.3, -0.25) is 0 Å². The summed E-state index contributed by atoms with van der Waals surface area (Å²) in [6, 6.07) is 85.1. The van der Waals surface area contributed by atoms with Gasteiger partial charge in [-0.15, -0.1) is 11.3 Å². The summed E-state index contributed by atoms with van der Waals surface area (Å²) < 4.78 is 7.33. The first-order valence-electron chi connectivity index (χ1n) is 25.7. The maximum Gasteiger partial charge on any atom is 0.166 e. The van der Waals surface area contributed by atoms with E-state index in [1.807, 2.05) is 0 Å². The molecule has 0 saturated carbocycles. The van der Waals surface area contributed by atoms with Crippen LogP contribution in [0.1, 0.15) is 17.7 Å². The van der Waals surface area contributed by atoms with Gasteiger partial charge in [0.1, 0.15) is 0 Å². The number of benzene rings is 10. The lowest BCUT2D eigenvalue weighted by Gasteiger charge is -2.17. The number of para-hydroxylation sites is 2. The average Bonchev–Trinajstić information content (AvgIpc) is 4.25. The molecule has 0 aliphatic heterocycles. The zero-order chi connectivity index (χ0) is 49.4. The summed E-state index contributed by atoms with van der Waals surface area (Å²) in [6.07, 6.45) is 6.64. The van der Waals surface area contributed by atoms with Crippen molar-refractivity contribution < 1.29 is 0 Å². The first-order valence-corrected chi connectivity index (χ1v) is 26.5. The monoisotopic (exact) mass is 975 g/mol. The van der Waals surface area contributed by atoms with Gasteiger partial charge in [-0.25, -0.2) is 15.0 Å². The number of rotatable bonds is 8. The number of nitrogens with zero attached hydrogens (tertiary/aromatic N) is 5. The zero-order valence-corrected chi connectivity index (χ0v) is 41.5. The normalized spacial score (nSPS) is 12.4. The zero-order valence-electron chi connectivity index (χ0n) is 40.7. The highest BCUT2D eigenvalue weighted by atomic mass is 32.1. The van der Waals surface area contributed by atoms with Gasteiger partial charge >= 0.3 is 0 Å². The first kappa shape index (κ1) is 43.1. The molecule has 0 spiro atoms. The van der Waals surface area contributed by atoms with Gasteiger partial charge in [0.15, 0.2) is 17.5 Å². The number of hydrogen-bond donors (Lipinski definition) is 0. The molecule has 0 fully saturated rings. The van der Waals surface area contributed by atoms with Crippen LogP contribution in [-0.2, 0) is 6.42 Å². The molecule has 4 heterocycles. The topological polar surface area (TPSA) is 48.5 Å². The molecule has 6 heteroatoms. The molecule has 0 N–H and O–H groups in total. The lowest BCUT2D eigenvalue weighted by atomic mass is 9.92. The van der Waals surface area contributed by atoms with E-state index < -0.39 is 0 Å². The number of aryl methyl sites for hydroxylation is 1. The van der Waals surface area contributed by atoms with E-state index in [1.54, 1.807) is 11.3 Å².